The minimum Gasteiger partial charge on any atom is -0.338 e. The van der Waals surface area contributed by atoms with Crippen LogP contribution in [0.5, 0.6) is 0 Å². The van der Waals surface area contributed by atoms with E-state index in [1.165, 1.54) is 24.3 Å². The lowest BCUT2D eigenvalue weighted by Crippen LogP contribution is -2.59. The summed E-state index contributed by atoms with van der Waals surface area (Å²) in [6, 6.07) is 15.5. The van der Waals surface area contributed by atoms with Gasteiger partial charge in [-0.05, 0) is 48.3 Å². The van der Waals surface area contributed by atoms with Crippen molar-refractivity contribution in [3.05, 3.63) is 71.5 Å². The van der Waals surface area contributed by atoms with Crippen molar-refractivity contribution in [3.8, 4) is 0 Å². The summed E-state index contributed by atoms with van der Waals surface area (Å²) in [6.07, 6.45) is 4.20. The largest absolute Gasteiger partial charge is 0.338 e. The molecule has 0 bridgehead atoms. The number of carbonyl (C=O) groups excluding carboxylic acids is 2. The highest BCUT2D eigenvalue weighted by atomic mass is 32.2. The fraction of sp³-hybridized carbons (Fsp3) is 0.417. The van der Waals surface area contributed by atoms with Crippen LogP contribution in [-0.2, 0) is 11.3 Å². The monoisotopic (exact) mass is 441 g/mol. The first-order valence-electron chi connectivity index (χ1n) is 10.7. The van der Waals surface area contributed by atoms with Crippen LogP contribution < -0.4 is 5.32 Å². The van der Waals surface area contributed by atoms with Crippen molar-refractivity contribution in [1.29, 1.82) is 0 Å². The SMILES string of the molecule is CSCC[C@@H]1NC2(CCN(C(=O)c3ccc(F)cc3)CC2)N(Cc2ccccc2)C1=O. The second-order valence-electron chi connectivity index (χ2n) is 8.22. The van der Waals surface area contributed by atoms with Crippen LogP contribution in [0.2, 0.25) is 0 Å². The Labute approximate surface area is 187 Å². The Morgan fingerprint density at radius 1 is 1.13 bits per heavy atom. The van der Waals surface area contributed by atoms with Crippen LogP contribution in [0.1, 0.15) is 35.2 Å². The molecule has 2 amide bonds. The van der Waals surface area contributed by atoms with E-state index in [0.29, 0.717) is 38.0 Å². The highest BCUT2D eigenvalue weighted by Crippen LogP contribution is 2.35. The molecule has 2 heterocycles. The lowest BCUT2D eigenvalue weighted by molar-refractivity contribution is -0.134. The summed E-state index contributed by atoms with van der Waals surface area (Å²) in [6.45, 7) is 1.67. The van der Waals surface area contributed by atoms with Crippen molar-refractivity contribution in [2.45, 2.75) is 37.5 Å². The van der Waals surface area contributed by atoms with Gasteiger partial charge < -0.3 is 9.80 Å². The number of carbonyl (C=O) groups is 2. The minimum atomic E-state index is -0.435. The molecule has 0 aliphatic carbocycles. The van der Waals surface area contributed by atoms with Gasteiger partial charge in [-0.2, -0.15) is 11.8 Å². The zero-order chi connectivity index (χ0) is 21.8. The molecule has 0 aromatic heterocycles. The number of hydrogen-bond acceptors (Lipinski definition) is 4. The van der Waals surface area contributed by atoms with E-state index in [2.05, 4.69) is 11.6 Å². The van der Waals surface area contributed by atoms with Crippen LogP contribution in [0.15, 0.2) is 54.6 Å². The molecule has 5 nitrogen and oxygen atoms in total. The average Bonchev–Trinajstić information content (AvgIpc) is 3.04. The van der Waals surface area contributed by atoms with Gasteiger partial charge in [-0.1, -0.05) is 30.3 Å². The van der Waals surface area contributed by atoms with Crippen molar-refractivity contribution in [1.82, 2.24) is 15.1 Å². The number of rotatable bonds is 6. The third-order valence-electron chi connectivity index (χ3n) is 6.29. The van der Waals surface area contributed by atoms with Crippen molar-refractivity contribution < 1.29 is 14.0 Å². The van der Waals surface area contributed by atoms with Crippen LogP contribution >= 0.6 is 11.8 Å². The molecule has 0 saturated carbocycles. The molecule has 2 saturated heterocycles. The lowest BCUT2D eigenvalue weighted by atomic mass is 9.94. The summed E-state index contributed by atoms with van der Waals surface area (Å²) in [4.78, 5) is 30.0. The smallest absolute Gasteiger partial charge is 0.253 e. The van der Waals surface area contributed by atoms with E-state index in [4.69, 9.17) is 0 Å². The van der Waals surface area contributed by atoms with E-state index in [0.717, 1.165) is 17.7 Å². The summed E-state index contributed by atoms with van der Waals surface area (Å²) >= 11 is 1.74. The van der Waals surface area contributed by atoms with E-state index < -0.39 is 5.66 Å². The first kappa shape index (κ1) is 21.8. The third kappa shape index (κ3) is 4.62. The number of hydrogen-bond donors (Lipinski definition) is 1. The van der Waals surface area contributed by atoms with Crippen LogP contribution in [0.3, 0.4) is 0 Å². The summed E-state index contributed by atoms with van der Waals surface area (Å²) in [7, 11) is 0. The topological polar surface area (TPSA) is 52.7 Å². The van der Waals surface area contributed by atoms with Gasteiger partial charge in [0.2, 0.25) is 5.91 Å². The van der Waals surface area contributed by atoms with E-state index in [1.807, 2.05) is 35.2 Å². The Balaban J connectivity index is 1.50. The Morgan fingerprint density at radius 3 is 2.45 bits per heavy atom. The van der Waals surface area contributed by atoms with Crippen LogP contribution in [-0.4, -0.2) is 58.4 Å². The molecule has 1 spiro atoms. The van der Waals surface area contributed by atoms with Gasteiger partial charge >= 0.3 is 0 Å². The zero-order valence-corrected chi connectivity index (χ0v) is 18.5. The molecule has 4 rings (SSSR count). The van der Waals surface area contributed by atoms with Crippen molar-refractivity contribution in [2.75, 3.05) is 25.1 Å². The number of likely N-dealkylation sites (tertiary alicyclic amines) is 1. The van der Waals surface area contributed by atoms with Gasteiger partial charge in [-0.15, -0.1) is 0 Å². The molecule has 2 aromatic rings. The second-order valence-corrected chi connectivity index (χ2v) is 9.20. The number of nitrogens with one attached hydrogen (secondary N) is 1. The number of halogens is 1. The first-order chi connectivity index (χ1) is 15.0. The molecule has 2 fully saturated rings. The number of piperidine rings is 1. The molecular formula is C24H28FN3O2S. The van der Waals surface area contributed by atoms with Gasteiger partial charge in [0.05, 0.1) is 11.7 Å². The standard InChI is InChI=1S/C24H28FN3O2S/c1-31-16-11-21-23(30)28(17-18-5-3-2-4-6-18)24(26-21)12-14-27(15-13-24)22(29)19-7-9-20(25)10-8-19/h2-10,21,26H,11-17H2,1H3/t21-/m0/s1. The predicted molar refractivity (Wildman–Crippen MR) is 121 cm³/mol. The zero-order valence-electron chi connectivity index (χ0n) is 17.7. The fourth-order valence-corrected chi connectivity index (χ4v) is 5.03. The van der Waals surface area contributed by atoms with Crippen molar-refractivity contribution in [3.63, 3.8) is 0 Å². The molecule has 31 heavy (non-hydrogen) atoms. The van der Waals surface area contributed by atoms with Crippen LogP contribution in [0.25, 0.3) is 0 Å². The number of thioether (sulfide) groups is 1. The highest BCUT2D eigenvalue weighted by molar-refractivity contribution is 7.98. The summed E-state index contributed by atoms with van der Waals surface area (Å²) in [5.41, 5.74) is 1.16. The molecule has 0 radical (unpaired) electrons. The van der Waals surface area contributed by atoms with Gasteiger partial charge in [-0.25, -0.2) is 4.39 Å². The molecule has 2 aliphatic rings. The molecule has 164 valence electrons. The molecule has 1 atom stereocenters. The number of benzene rings is 2. The van der Waals surface area contributed by atoms with Gasteiger partial charge in [0.15, 0.2) is 0 Å². The van der Waals surface area contributed by atoms with Gasteiger partial charge in [0.25, 0.3) is 5.91 Å². The quantitative estimate of drug-likeness (QED) is 0.745. The molecule has 1 N–H and O–H groups in total. The van der Waals surface area contributed by atoms with E-state index in [1.54, 1.807) is 16.7 Å². The fourth-order valence-electron chi connectivity index (χ4n) is 4.56. The Bertz CT molecular complexity index is 914. The first-order valence-corrected chi connectivity index (χ1v) is 12.1. The van der Waals surface area contributed by atoms with Crippen molar-refractivity contribution in [2.24, 2.45) is 0 Å². The van der Waals surface area contributed by atoms with Crippen molar-refractivity contribution >= 4 is 23.6 Å². The molecule has 0 unspecified atom stereocenters. The molecule has 2 aliphatic heterocycles. The number of nitrogens with zero attached hydrogens (tertiary/aromatic N) is 2. The maximum absolute atomic E-state index is 13.3. The molecule has 7 heteroatoms. The van der Waals surface area contributed by atoms with Gasteiger partial charge in [0, 0.05) is 38.0 Å². The Hall–Kier alpha value is -2.38. The van der Waals surface area contributed by atoms with Crippen LogP contribution in [0, 0.1) is 5.82 Å². The Morgan fingerprint density at radius 2 is 1.81 bits per heavy atom. The van der Waals surface area contributed by atoms with Gasteiger partial charge in [0.1, 0.15) is 5.82 Å². The maximum atomic E-state index is 13.3. The second kappa shape index (κ2) is 9.40. The Kier molecular flexibility index (Phi) is 6.62. The van der Waals surface area contributed by atoms with E-state index >= 15 is 0 Å². The molecular weight excluding hydrogens is 413 g/mol. The van der Waals surface area contributed by atoms with E-state index in [-0.39, 0.29) is 23.7 Å². The lowest BCUT2D eigenvalue weighted by Gasteiger charge is -2.44. The number of amides is 2. The summed E-state index contributed by atoms with van der Waals surface area (Å²) in [5, 5.41) is 3.64. The maximum Gasteiger partial charge on any atom is 0.253 e. The highest BCUT2D eigenvalue weighted by Gasteiger charge is 2.51. The summed E-state index contributed by atoms with van der Waals surface area (Å²) < 4.78 is 13.2. The predicted octanol–water partition coefficient (Wildman–Crippen LogP) is 3.51. The average molecular weight is 442 g/mol. The normalized spacial score (nSPS) is 20.5. The summed E-state index contributed by atoms with van der Waals surface area (Å²) in [5.74, 6) is 0.632. The third-order valence-corrected chi connectivity index (χ3v) is 6.93. The van der Waals surface area contributed by atoms with Crippen LogP contribution in [0.4, 0.5) is 4.39 Å². The minimum absolute atomic E-state index is 0.0901. The molecule has 2 aromatic carbocycles. The van der Waals surface area contributed by atoms with E-state index in [9.17, 15) is 14.0 Å². The van der Waals surface area contributed by atoms with Gasteiger partial charge in [-0.3, -0.25) is 14.9 Å².